The maximum atomic E-state index is 12.3. The molecule has 0 aromatic heterocycles. The van der Waals surface area contributed by atoms with Crippen LogP contribution < -0.4 is 5.32 Å². The van der Waals surface area contributed by atoms with Gasteiger partial charge < -0.3 is 10.1 Å². The van der Waals surface area contributed by atoms with Crippen molar-refractivity contribution in [2.24, 2.45) is 17.8 Å². The highest BCUT2D eigenvalue weighted by molar-refractivity contribution is 9.09. The Morgan fingerprint density at radius 1 is 1.13 bits per heavy atom. The first kappa shape index (κ1) is 16.5. The zero-order valence-corrected chi connectivity index (χ0v) is 14.6. The minimum Gasteiger partial charge on any atom is -0.445 e. The molecule has 2 aliphatic carbocycles. The molecule has 3 rings (SSSR count). The summed E-state index contributed by atoms with van der Waals surface area (Å²) in [6.07, 6.45) is 4.20. The molecule has 1 N–H and O–H groups in total. The topological polar surface area (TPSA) is 55.4 Å². The highest BCUT2D eigenvalue weighted by Gasteiger charge is 2.47. The van der Waals surface area contributed by atoms with Gasteiger partial charge in [-0.25, -0.2) is 4.79 Å². The normalized spacial score (nSPS) is 18.5. The van der Waals surface area contributed by atoms with Gasteiger partial charge in [-0.05, 0) is 49.0 Å². The third-order valence-corrected chi connectivity index (χ3v) is 5.23. The van der Waals surface area contributed by atoms with Gasteiger partial charge in [0.25, 0.3) is 0 Å². The average molecular weight is 380 g/mol. The molecule has 2 fully saturated rings. The lowest BCUT2D eigenvalue weighted by molar-refractivity contribution is -0.120. The molecule has 4 nitrogen and oxygen atoms in total. The van der Waals surface area contributed by atoms with Gasteiger partial charge in [-0.1, -0.05) is 46.3 Å². The van der Waals surface area contributed by atoms with Crippen LogP contribution in [-0.2, 0) is 16.1 Å². The number of hydrogen-bond donors (Lipinski definition) is 1. The van der Waals surface area contributed by atoms with Crippen LogP contribution in [0, 0.1) is 17.8 Å². The predicted octanol–water partition coefficient (Wildman–Crippen LogP) is 3.68. The second-order valence-corrected chi connectivity index (χ2v) is 7.10. The summed E-state index contributed by atoms with van der Waals surface area (Å²) in [6, 6.07) is 9.13. The molecule has 124 valence electrons. The third-order valence-electron chi connectivity index (χ3n) is 4.68. The molecule has 1 aromatic rings. The summed E-state index contributed by atoms with van der Waals surface area (Å²) in [5.74, 6) is 1.50. The van der Waals surface area contributed by atoms with Crippen molar-refractivity contribution in [1.29, 1.82) is 0 Å². The molecule has 1 amide bonds. The number of hydrogen-bond acceptors (Lipinski definition) is 3. The van der Waals surface area contributed by atoms with Crippen molar-refractivity contribution in [2.45, 2.75) is 38.3 Å². The number of carbonyl (C=O) groups excluding carboxylic acids is 2. The van der Waals surface area contributed by atoms with E-state index in [1.54, 1.807) is 0 Å². The van der Waals surface area contributed by atoms with E-state index in [1.165, 1.54) is 25.7 Å². The molecule has 1 atom stereocenters. The van der Waals surface area contributed by atoms with Crippen molar-refractivity contribution < 1.29 is 14.3 Å². The fourth-order valence-electron chi connectivity index (χ4n) is 3.26. The number of halogens is 1. The van der Waals surface area contributed by atoms with E-state index in [9.17, 15) is 9.59 Å². The molecule has 0 aliphatic heterocycles. The van der Waals surface area contributed by atoms with E-state index >= 15 is 0 Å². The smallest absolute Gasteiger partial charge is 0.408 e. The Labute approximate surface area is 145 Å². The molecule has 0 spiro atoms. The van der Waals surface area contributed by atoms with Crippen molar-refractivity contribution in [1.82, 2.24) is 5.32 Å². The summed E-state index contributed by atoms with van der Waals surface area (Å²) in [6.45, 7) is 0.222. The first-order chi connectivity index (χ1) is 11.2. The third kappa shape index (κ3) is 4.56. The van der Waals surface area contributed by atoms with E-state index in [1.807, 2.05) is 30.3 Å². The average Bonchev–Trinajstić information content (AvgIpc) is 3.46. The number of ether oxygens (including phenoxy) is 1. The predicted molar refractivity (Wildman–Crippen MR) is 91.3 cm³/mol. The van der Waals surface area contributed by atoms with Crippen molar-refractivity contribution >= 4 is 27.8 Å². The maximum absolute atomic E-state index is 12.3. The van der Waals surface area contributed by atoms with Gasteiger partial charge in [0.2, 0.25) is 0 Å². The molecular formula is C18H22BrNO3. The van der Waals surface area contributed by atoms with Crippen LogP contribution >= 0.6 is 15.9 Å². The SMILES string of the molecule is O=C(N[C@H](C(=O)CBr)C(C1CC1)C1CC1)OCc1ccccc1. The maximum Gasteiger partial charge on any atom is 0.408 e. The molecule has 0 saturated heterocycles. The van der Waals surface area contributed by atoms with E-state index in [0.717, 1.165) is 5.56 Å². The largest absolute Gasteiger partial charge is 0.445 e. The van der Waals surface area contributed by atoms with Gasteiger partial charge in [-0.3, -0.25) is 4.79 Å². The van der Waals surface area contributed by atoms with Crippen molar-refractivity contribution in [3.05, 3.63) is 35.9 Å². The number of nitrogens with one attached hydrogen (secondary N) is 1. The molecule has 2 aliphatic rings. The number of ketones is 1. The molecule has 0 heterocycles. The fourth-order valence-corrected chi connectivity index (χ4v) is 3.61. The Morgan fingerprint density at radius 3 is 2.26 bits per heavy atom. The lowest BCUT2D eigenvalue weighted by Gasteiger charge is -2.26. The Kier molecular flexibility index (Phi) is 5.36. The fraction of sp³-hybridized carbons (Fsp3) is 0.556. The number of alkyl halides is 1. The number of Topliss-reactive ketones (excluding diaryl/α,β-unsaturated/α-hetero) is 1. The van der Waals surface area contributed by atoms with Crippen LogP contribution in [0.3, 0.4) is 0 Å². The standard InChI is InChI=1S/C18H22BrNO3/c19-10-15(21)17(16(13-6-7-13)14-8-9-14)20-18(22)23-11-12-4-2-1-3-5-12/h1-5,13-14,16-17H,6-11H2,(H,20,22)/t17-/m1/s1. The van der Waals surface area contributed by atoms with Gasteiger partial charge in [0.15, 0.2) is 5.78 Å². The summed E-state index contributed by atoms with van der Waals surface area (Å²) in [5, 5.41) is 3.11. The lowest BCUT2D eigenvalue weighted by Crippen LogP contribution is -2.48. The van der Waals surface area contributed by atoms with Crippen LogP contribution in [0.1, 0.15) is 31.2 Å². The summed E-state index contributed by atoms with van der Waals surface area (Å²) in [5.41, 5.74) is 0.937. The van der Waals surface area contributed by atoms with Crippen molar-refractivity contribution in [3.63, 3.8) is 0 Å². The van der Waals surface area contributed by atoms with E-state index < -0.39 is 12.1 Å². The quantitative estimate of drug-likeness (QED) is 0.700. The van der Waals surface area contributed by atoms with E-state index in [-0.39, 0.29) is 23.6 Å². The molecule has 0 radical (unpaired) electrons. The van der Waals surface area contributed by atoms with Crippen molar-refractivity contribution in [2.75, 3.05) is 5.33 Å². The summed E-state index contributed by atoms with van der Waals surface area (Å²) < 4.78 is 5.29. The molecule has 2 saturated carbocycles. The van der Waals surface area contributed by atoms with Gasteiger partial charge >= 0.3 is 6.09 Å². The molecule has 0 unspecified atom stereocenters. The second kappa shape index (κ2) is 7.47. The Balaban J connectivity index is 1.59. The zero-order chi connectivity index (χ0) is 16.2. The van der Waals surface area contributed by atoms with Gasteiger partial charge in [-0.15, -0.1) is 0 Å². The van der Waals surface area contributed by atoms with Crippen LogP contribution in [0.25, 0.3) is 0 Å². The summed E-state index contributed by atoms with van der Waals surface area (Å²) >= 11 is 3.25. The van der Waals surface area contributed by atoms with Gasteiger partial charge in [-0.2, -0.15) is 0 Å². The number of rotatable bonds is 8. The van der Waals surface area contributed by atoms with Crippen LogP contribution in [0.5, 0.6) is 0 Å². The van der Waals surface area contributed by atoms with Gasteiger partial charge in [0.05, 0.1) is 11.4 Å². The van der Waals surface area contributed by atoms with Crippen LogP contribution in [-0.4, -0.2) is 23.2 Å². The summed E-state index contributed by atoms with van der Waals surface area (Å²) in [7, 11) is 0. The van der Waals surface area contributed by atoms with Crippen LogP contribution in [0.15, 0.2) is 30.3 Å². The highest BCUT2D eigenvalue weighted by Crippen LogP contribution is 2.50. The van der Waals surface area contributed by atoms with E-state index in [4.69, 9.17) is 4.74 Å². The van der Waals surface area contributed by atoms with E-state index in [2.05, 4.69) is 21.2 Å². The molecule has 0 bridgehead atoms. The Morgan fingerprint density at radius 2 is 1.74 bits per heavy atom. The van der Waals surface area contributed by atoms with Gasteiger partial charge in [0, 0.05) is 0 Å². The Bertz CT molecular complexity index is 543. The van der Waals surface area contributed by atoms with Crippen LogP contribution in [0.4, 0.5) is 4.79 Å². The molecule has 1 aromatic carbocycles. The minimum absolute atomic E-state index is 0.0467. The van der Waals surface area contributed by atoms with Crippen LogP contribution in [0.2, 0.25) is 0 Å². The van der Waals surface area contributed by atoms with Gasteiger partial charge in [0.1, 0.15) is 6.61 Å². The second-order valence-electron chi connectivity index (χ2n) is 6.54. The number of benzene rings is 1. The lowest BCUT2D eigenvalue weighted by atomic mass is 9.87. The highest BCUT2D eigenvalue weighted by atomic mass is 79.9. The minimum atomic E-state index is -0.501. The molecule has 23 heavy (non-hydrogen) atoms. The monoisotopic (exact) mass is 379 g/mol. The van der Waals surface area contributed by atoms with E-state index in [0.29, 0.717) is 11.8 Å². The molecular weight excluding hydrogens is 358 g/mol. The molecule has 5 heteroatoms. The summed E-state index contributed by atoms with van der Waals surface area (Å²) in [4.78, 5) is 24.4. The first-order valence-electron chi connectivity index (χ1n) is 8.25. The number of carbonyl (C=O) groups is 2. The number of alkyl carbamates (subject to hydrolysis) is 1. The number of amides is 1. The zero-order valence-electron chi connectivity index (χ0n) is 13.0. The van der Waals surface area contributed by atoms with Crippen molar-refractivity contribution in [3.8, 4) is 0 Å². The Hall–Kier alpha value is -1.36. The first-order valence-corrected chi connectivity index (χ1v) is 9.37.